The number of piperidine rings is 1. The summed E-state index contributed by atoms with van der Waals surface area (Å²) in [7, 11) is 1.70. The summed E-state index contributed by atoms with van der Waals surface area (Å²) in [4.78, 5) is 5.03. The molecule has 2 aliphatic rings. The largest absolute Gasteiger partial charge is 0.497 e. The molecule has 0 radical (unpaired) electrons. The van der Waals surface area contributed by atoms with Gasteiger partial charge in [0.15, 0.2) is 0 Å². The second-order valence-corrected chi connectivity index (χ2v) is 8.21. The van der Waals surface area contributed by atoms with E-state index in [9.17, 15) is 4.39 Å². The van der Waals surface area contributed by atoms with Gasteiger partial charge < -0.3 is 4.74 Å². The first-order valence-corrected chi connectivity index (χ1v) is 9.97. The van der Waals surface area contributed by atoms with E-state index in [1.165, 1.54) is 24.8 Å². The average Bonchev–Trinajstić information content (AvgIpc) is 3.06. The quantitative estimate of drug-likeness (QED) is 0.782. The van der Waals surface area contributed by atoms with Gasteiger partial charge in [-0.1, -0.05) is 30.3 Å². The molecular formula is C23H29FN2O. The molecule has 4 rings (SSSR count). The van der Waals surface area contributed by atoms with Crippen molar-refractivity contribution in [2.45, 2.75) is 32.4 Å². The van der Waals surface area contributed by atoms with Crippen LogP contribution in [0.4, 0.5) is 4.39 Å². The standard InChI is InChI=1S/C23H29FN2O/c1-27-21-9-7-19(8-10-21)15-26-14-12-23(18-26)11-4-13-25(17-23)16-20-5-2-3-6-22(20)24/h2-3,5-10H,4,11-18H2,1H3/t23-/m0/s1. The molecule has 27 heavy (non-hydrogen) atoms. The lowest BCUT2D eigenvalue weighted by atomic mass is 9.79. The van der Waals surface area contributed by atoms with E-state index in [0.717, 1.165) is 50.6 Å². The van der Waals surface area contributed by atoms with Crippen LogP contribution in [0.15, 0.2) is 48.5 Å². The molecule has 2 aliphatic heterocycles. The molecule has 1 spiro atoms. The molecule has 0 bridgehead atoms. The van der Waals surface area contributed by atoms with E-state index in [1.807, 2.05) is 24.3 Å². The Balaban J connectivity index is 1.36. The van der Waals surface area contributed by atoms with E-state index in [1.54, 1.807) is 19.2 Å². The summed E-state index contributed by atoms with van der Waals surface area (Å²) in [5.74, 6) is 0.831. The zero-order valence-corrected chi connectivity index (χ0v) is 16.2. The molecular weight excluding hydrogens is 339 g/mol. The maximum atomic E-state index is 14.0. The fourth-order valence-corrected chi connectivity index (χ4v) is 4.80. The summed E-state index contributed by atoms with van der Waals surface area (Å²) >= 11 is 0. The monoisotopic (exact) mass is 368 g/mol. The van der Waals surface area contributed by atoms with Crippen LogP contribution in [-0.4, -0.2) is 43.1 Å². The van der Waals surface area contributed by atoms with Gasteiger partial charge in [-0.15, -0.1) is 0 Å². The third-order valence-corrected chi connectivity index (χ3v) is 6.17. The maximum absolute atomic E-state index is 14.0. The minimum Gasteiger partial charge on any atom is -0.497 e. The molecule has 2 saturated heterocycles. The van der Waals surface area contributed by atoms with Crippen LogP contribution in [0.2, 0.25) is 0 Å². The van der Waals surface area contributed by atoms with Crippen molar-refractivity contribution < 1.29 is 9.13 Å². The molecule has 0 aliphatic carbocycles. The van der Waals surface area contributed by atoms with E-state index in [2.05, 4.69) is 21.9 Å². The second-order valence-electron chi connectivity index (χ2n) is 8.21. The first kappa shape index (κ1) is 18.5. The highest BCUT2D eigenvalue weighted by Gasteiger charge is 2.41. The summed E-state index contributed by atoms with van der Waals surface area (Å²) in [5.41, 5.74) is 2.53. The minimum absolute atomic E-state index is 0.0790. The van der Waals surface area contributed by atoms with Gasteiger partial charge in [0.25, 0.3) is 0 Å². The molecule has 0 unspecified atom stereocenters. The third kappa shape index (κ3) is 4.33. The van der Waals surface area contributed by atoms with Crippen LogP contribution in [0, 0.1) is 11.2 Å². The first-order valence-electron chi connectivity index (χ1n) is 9.97. The van der Waals surface area contributed by atoms with Crippen LogP contribution in [0.25, 0.3) is 0 Å². The van der Waals surface area contributed by atoms with Crippen LogP contribution < -0.4 is 4.74 Å². The molecule has 4 heteroatoms. The smallest absolute Gasteiger partial charge is 0.127 e. The fourth-order valence-electron chi connectivity index (χ4n) is 4.80. The van der Waals surface area contributed by atoms with Gasteiger partial charge in [-0.05, 0) is 61.5 Å². The molecule has 0 N–H and O–H groups in total. The zero-order chi connectivity index (χ0) is 18.7. The third-order valence-electron chi connectivity index (χ3n) is 6.17. The molecule has 2 aromatic rings. The van der Waals surface area contributed by atoms with E-state index in [-0.39, 0.29) is 5.82 Å². The molecule has 2 fully saturated rings. The highest BCUT2D eigenvalue weighted by atomic mass is 19.1. The van der Waals surface area contributed by atoms with Crippen LogP contribution in [0.1, 0.15) is 30.4 Å². The van der Waals surface area contributed by atoms with E-state index in [4.69, 9.17) is 4.74 Å². The number of rotatable bonds is 5. The predicted molar refractivity (Wildman–Crippen MR) is 106 cm³/mol. The molecule has 144 valence electrons. The van der Waals surface area contributed by atoms with Gasteiger partial charge in [0.1, 0.15) is 11.6 Å². The Morgan fingerprint density at radius 3 is 2.41 bits per heavy atom. The summed E-state index contributed by atoms with van der Waals surface area (Å²) in [5, 5.41) is 0. The van der Waals surface area contributed by atoms with Gasteiger partial charge >= 0.3 is 0 Å². The Bertz CT molecular complexity index is 763. The second kappa shape index (κ2) is 7.99. The molecule has 0 saturated carbocycles. The number of methoxy groups -OCH3 is 1. The van der Waals surface area contributed by atoms with Gasteiger partial charge in [0.2, 0.25) is 0 Å². The number of halogens is 1. The molecule has 0 aromatic heterocycles. The normalized spacial score (nSPS) is 23.8. The van der Waals surface area contributed by atoms with E-state index < -0.39 is 0 Å². The van der Waals surface area contributed by atoms with Crippen LogP contribution in [0.5, 0.6) is 5.75 Å². The zero-order valence-electron chi connectivity index (χ0n) is 16.2. The number of likely N-dealkylation sites (tertiary alicyclic amines) is 2. The lowest BCUT2D eigenvalue weighted by Gasteiger charge is -2.40. The fraction of sp³-hybridized carbons (Fsp3) is 0.478. The average molecular weight is 368 g/mol. The van der Waals surface area contributed by atoms with Crippen molar-refractivity contribution in [3.63, 3.8) is 0 Å². The molecule has 1 atom stereocenters. The number of hydrogen-bond donors (Lipinski definition) is 0. The molecule has 3 nitrogen and oxygen atoms in total. The molecule has 2 heterocycles. The number of ether oxygens (including phenoxy) is 1. The minimum atomic E-state index is -0.0790. The summed E-state index contributed by atoms with van der Waals surface area (Å²) in [6.45, 7) is 6.19. The lowest BCUT2D eigenvalue weighted by molar-refractivity contribution is 0.0858. The summed E-state index contributed by atoms with van der Waals surface area (Å²) in [6.07, 6.45) is 3.75. The Labute approximate surface area is 161 Å². The number of benzene rings is 2. The van der Waals surface area contributed by atoms with Crippen molar-refractivity contribution >= 4 is 0 Å². The first-order chi connectivity index (χ1) is 13.2. The van der Waals surface area contributed by atoms with Crippen molar-refractivity contribution in [3.8, 4) is 5.75 Å². The van der Waals surface area contributed by atoms with Crippen molar-refractivity contribution in [2.75, 3.05) is 33.3 Å². The summed E-state index contributed by atoms with van der Waals surface area (Å²) < 4.78 is 19.3. The van der Waals surface area contributed by atoms with Crippen molar-refractivity contribution in [2.24, 2.45) is 5.41 Å². The lowest BCUT2D eigenvalue weighted by Crippen LogP contribution is -2.44. The van der Waals surface area contributed by atoms with Crippen molar-refractivity contribution in [3.05, 3.63) is 65.5 Å². The van der Waals surface area contributed by atoms with E-state index >= 15 is 0 Å². The highest BCUT2D eigenvalue weighted by molar-refractivity contribution is 5.27. The van der Waals surface area contributed by atoms with Gasteiger partial charge in [-0.2, -0.15) is 0 Å². The number of nitrogens with zero attached hydrogens (tertiary/aromatic N) is 2. The van der Waals surface area contributed by atoms with Crippen LogP contribution in [0.3, 0.4) is 0 Å². The summed E-state index contributed by atoms with van der Waals surface area (Å²) in [6, 6.07) is 15.6. The topological polar surface area (TPSA) is 15.7 Å². The van der Waals surface area contributed by atoms with Crippen LogP contribution in [-0.2, 0) is 13.1 Å². The molecule has 2 aromatic carbocycles. The maximum Gasteiger partial charge on any atom is 0.127 e. The Morgan fingerprint density at radius 1 is 0.926 bits per heavy atom. The Morgan fingerprint density at radius 2 is 1.67 bits per heavy atom. The number of hydrogen-bond acceptors (Lipinski definition) is 3. The van der Waals surface area contributed by atoms with E-state index in [0.29, 0.717) is 5.41 Å². The van der Waals surface area contributed by atoms with Crippen molar-refractivity contribution in [1.29, 1.82) is 0 Å². The highest BCUT2D eigenvalue weighted by Crippen LogP contribution is 2.40. The van der Waals surface area contributed by atoms with Gasteiger partial charge in [-0.3, -0.25) is 9.80 Å². The van der Waals surface area contributed by atoms with Crippen molar-refractivity contribution in [1.82, 2.24) is 9.80 Å². The van der Waals surface area contributed by atoms with Gasteiger partial charge in [0.05, 0.1) is 7.11 Å². The van der Waals surface area contributed by atoms with Crippen LogP contribution >= 0.6 is 0 Å². The van der Waals surface area contributed by atoms with Gasteiger partial charge in [-0.25, -0.2) is 4.39 Å². The Hall–Kier alpha value is -1.91. The SMILES string of the molecule is COc1ccc(CN2CC[C@]3(CCCN(Cc4ccccc4F)C3)C2)cc1. The Kier molecular flexibility index (Phi) is 5.46. The predicted octanol–water partition coefficient (Wildman–Crippen LogP) is 4.32. The van der Waals surface area contributed by atoms with Gasteiger partial charge in [0, 0.05) is 31.7 Å². The molecule has 0 amide bonds.